The fraction of sp³-hybridized carbons (Fsp3) is 0.231. The Bertz CT molecular complexity index is 1180. The van der Waals surface area contributed by atoms with E-state index in [-0.39, 0.29) is 29.3 Å². The molecule has 0 amide bonds. The number of halogens is 1. The highest BCUT2D eigenvalue weighted by Gasteiger charge is 2.17. The van der Waals surface area contributed by atoms with E-state index in [9.17, 15) is 19.4 Å². The molecule has 7 heteroatoms. The number of hydrogen-bond donors (Lipinski definition) is 4. The number of nitrogens with two attached hydrogens (primary N) is 1. The molecule has 0 radical (unpaired) electrons. The molecule has 0 fully saturated rings. The molecule has 0 aliphatic rings. The van der Waals surface area contributed by atoms with Crippen LogP contribution >= 0.6 is 0 Å². The van der Waals surface area contributed by atoms with Gasteiger partial charge in [-0.2, -0.15) is 0 Å². The number of nitrogen functional groups attached to an aromatic ring is 1. The van der Waals surface area contributed by atoms with Gasteiger partial charge in [0.15, 0.2) is 5.78 Å². The Morgan fingerprint density at radius 3 is 2.36 bits per heavy atom. The molecule has 1 atom stereocenters. The van der Waals surface area contributed by atoms with E-state index < -0.39 is 17.8 Å². The minimum absolute atomic E-state index is 0.0375. The SMILES string of the molecule is CCCc1c(OCc2ccc(C(O)c3ccc(F)c(C(=N)N)c3)cc2)ccc(C(C)=O)c1O. The minimum Gasteiger partial charge on any atom is -0.507 e. The van der Waals surface area contributed by atoms with Crippen molar-refractivity contribution in [3.05, 3.63) is 93.8 Å². The largest absolute Gasteiger partial charge is 0.507 e. The summed E-state index contributed by atoms with van der Waals surface area (Å²) in [6.07, 6.45) is 0.353. The Labute approximate surface area is 192 Å². The molecule has 0 bridgehead atoms. The summed E-state index contributed by atoms with van der Waals surface area (Å²) in [4.78, 5) is 11.7. The van der Waals surface area contributed by atoms with Crippen LogP contribution < -0.4 is 10.5 Å². The summed E-state index contributed by atoms with van der Waals surface area (Å²) in [6, 6.07) is 14.3. The molecule has 3 rings (SSSR count). The zero-order chi connectivity index (χ0) is 24.1. The number of ether oxygens (including phenoxy) is 1. The molecular weight excluding hydrogens is 423 g/mol. The maximum atomic E-state index is 13.8. The lowest BCUT2D eigenvalue weighted by Crippen LogP contribution is -2.14. The lowest BCUT2D eigenvalue weighted by molar-refractivity contribution is 0.101. The number of carbonyl (C=O) groups excluding carboxylic acids is 1. The van der Waals surface area contributed by atoms with Crippen LogP contribution in [0.5, 0.6) is 11.5 Å². The third kappa shape index (κ3) is 5.38. The van der Waals surface area contributed by atoms with E-state index in [0.717, 1.165) is 12.0 Å². The third-order valence-electron chi connectivity index (χ3n) is 5.41. The number of rotatable bonds is 9. The average Bonchev–Trinajstić information content (AvgIpc) is 2.79. The summed E-state index contributed by atoms with van der Waals surface area (Å²) in [5.41, 5.74) is 8.09. The van der Waals surface area contributed by atoms with E-state index in [1.54, 1.807) is 36.4 Å². The van der Waals surface area contributed by atoms with Crippen molar-refractivity contribution in [2.45, 2.75) is 39.4 Å². The third-order valence-corrected chi connectivity index (χ3v) is 5.41. The van der Waals surface area contributed by atoms with Gasteiger partial charge in [-0.05, 0) is 54.3 Å². The molecule has 3 aromatic rings. The molecule has 3 aromatic carbocycles. The van der Waals surface area contributed by atoms with E-state index in [1.807, 2.05) is 6.92 Å². The summed E-state index contributed by atoms with van der Waals surface area (Å²) in [5, 5.41) is 28.6. The molecule has 0 aliphatic carbocycles. The Hall–Kier alpha value is -3.71. The summed E-state index contributed by atoms with van der Waals surface area (Å²) in [7, 11) is 0. The van der Waals surface area contributed by atoms with E-state index in [2.05, 4.69) is 0 Å². The van der Waals surface area contributed by atoms with Gasteiger partial charge < -0.3 is 20.7 Å². The fourth-order valence-electron chi connectivity index (χ4n) is 3.60. The maximum Gasteiger partial charge on any atom is 0.163 e. The molecular formula is C26H27FN2O4. The highest BCUT2D eigenvalue weighted by atomic mass is 19.1. The lowest BCUT2D eigenvalue weighted by atomic mass is 9.98. The summed E-state index contributed by atoms with van der Waals surface area (Å²) in [5.74, 6) is -0.743. The van der Waals surface area contributed by atoms with Crippen LogP contribution in [0.2, 0.25) is 0 Å². The zero-order valence-electron chi connectivity index (χ0n) is 18.6. The van der Waals surface area contributed by atoms with Crippen molar-refractivity contribution in [2.75, 3.05) is 0 Å². The number of nitrogens with one attached hydrogen (secondary N) is 1. The summed E-state index contributed by atoms with van der Waals surface area (Å²) < 4.78 is 19.7. The highest BCUT2D eigenvalue weighted by Crippen LogP contribution is 2.33. The smallest absolute Gasteiger partial charge is 0.163 e. The number of aliphatic hydroxyl groups is 1. The Kier molecular flexibility index (Phi) is 7.45. The van der Waals surface area contributed by atoms with Gasteiger partial charge in [-0.15, -0.1) is 0 Å². The number of Topliss-reactive ketones (excluding diaryl/α,β-unsaturated/α-hetero) is 1. The minimum atomic E-state index is -1.01. The highest BCUT2D eigenvalue weighted by molar-refractivity contribution is 5.97. The quantitative estimate of drug-likeness (QED) is 0.215. The van der Waals surface area contributed by atoms with Crippen molar-refractivity contribution in [1.29, 1.82) is 5.41 Å². The number of aliphatic hydroxyl groups excluding tert-OH is 1. The molecule has 0 saturated heterocycles. The first kappa shape index (κ1) is 23.9. The first-order valence-electron chi connectivity index (χ1n) is 10.6. The number of carbonyl (C=O) groups is 1. The topological polar surface area (TPSA) is 117 Å². The number of ketones is 1. The van der Waals surface area contributed by atoms with Crippen LogP contribution in [-0.4, -0.2) is 21.8 Å². The van der Waals surface area contributed by atoms with Crippen molar-refractivity contribution < 1.29 is 24.1 Å². The lowest BCUT2D eigenvalue weighted by Gasteiger charge is -2.16. The van der Waals surface area contributed by atoms with Gasteiger partial charge in [0, 0.05) is 5.56 Å². The number of hydrogen-bond acceptors (Lipinski definition) is 5. The molecule has 1 unspecified atom stereocenters. The van der Waals surface area contributed by atoms with Gasteiger partial charge in [-0.1, -0.05) is 43.7 Å². The monoisotopic (exact) mass is 450 g/mol. The van der Waals surface area contributed by atoms with Gasteiger partial charge in [-0.3, -0.25) is 10.2 Å². The van der Waals surface area contributed by atoms with E-state index >= 15 is 0 Å². The zero-order valence-corrected chi connectivity index (χ0v) is 18.6. The second-order valence-corrected chi connectivity index (χ2v) is 7.83. The van der Waals surface area contributed by atoms with Gasteiger partial charge in [0.05, 0.1) is 11.1 Å². The second kappa shape index (κ2) is 10.3. The average molecular weight is 451 g/mol. The molecule has 0 aromatic heterocycles. The van der Waals surface area contributed by atoms with E-state index in [0.29, 0.717) is 28.9 Å². The van der Waals surface area contributed by atoms with Crippen molar-refractivity contribution >= 4 is 11.6 Å². The van der Waals surface area contributed by atoms with Gasteiger partial charge in [0.2, 0.25) is 0 Å². The number of amidine groups is 1. The van der Waals surface area contributed by atoms with Crippen molar-refractivity contribution in [3.63, 3.8) is 0 Å². The molecule has 5 N–H and O–H groups in total. The van der Waals surface area contributed by atoms with Crippen LogP contribution in [0.25, 0.3) is 0 Å². The summed E-state index contributed by atoms with van der Waals surface area (Å²) in [6.45, 7) is 3.62. The normalized spacial score (nSPS) is 11.8. The van der Waals surface area contributed by atoms with Crippen LogP contribution in [0.4, 0.5) is 4.39 Å². The van der Waals surface area contributed by atoms with Gasteiger partial charge in [0.1, 0.15) is 35.9 Å². The molecule has 0 heterocycles. The molecule has 0 spiro atoms. The van der Waals surface area contributed by atoms with E-state index in [4.69, 9.17) is 15.9 Å². The van der Waals surface area contributed by atoms with Gasteiger partial charge in [0.25, 0.3) is 0 Å². The molecule has 0 aliphatic heterocycles. The predicted molar refractivity (Wildman–Crippen MR) is 124 cm³/mol. The number of aromatic hydroxyl groups is 1. The van der Waals surface area contributed by atoms with Gasteiger partial charge in [-0.25, -0.2) is 4.39 Å². The van der Waals surface area contributed by atoms with Crippen molar-refractivity contribution in [2.24, 2.45) is 5.73 Å². The van der Waals surface area contributed by atoms with Crippen molar-refractivity contribution in [3.8, 4) is 11.5 Å². The number of phenolic OH excluding ortho intramolecular Hbond substituents is 1. The Balaban J connectivity index is 1.75. The number of phenols is 1. The fourth-order valence-corrected chi connectivity index (χ4v) is 3.60. The van der Waals surface area contributed by atoms with Crippen LogP contribution in [-0.2, 0) is 13.0 Å². The molecule has 33 heavy (non-hydrogen) atoms. The maximum absolute atomic E-state index is 13.8. The van der Waals surface area contributed by atoms with Crippen LogP contribution in [0.1, 0.15) is 64.5 Å². The Morgan fingerprint density at radius 1 is 1.09 bits per heavy atom. The second-order valence-electron chi connectivity index (χ2n) is 7.83. The van der Waals surface area contributed by atoms with Crippen LogP contribution in [0.15, 0.2) is 54.6 Å². The van der Waals surface area contributed by atoms with Gasteiger partial charge >= 0.3 is 0 Å². The predicted octanol–water partition coefficient (Wildman–Crippen LogP) is 4.63. The molecule has 0 saturated carbocycles. The standard InChI is InChI=1S/C26H27FN2O4/c1-3-4-20-23(12-10-19(15(2)30)25(20)32)33-14-16-5-7-17(8-6-16)24(31)18-9-11-22(27)21(13-18)26(28)29/h5-13,24,31-32H,3-4,14H2,1-2H3,(H3,28,29). The first-order chi connectivity index (χ1) is 15.7. The molecule has 172 valence electrons. The number of benzene rings is 3. The van der Waals surface area contributed by atoms with Crippen LogP contribution in [0, 0.1) is 11.2 Å². The summed E-state index contributed by atoms with van der Waals surface area (Å²) >= 11 is 0. The Morgan fingerprint density at radius 2 is 1.76 bits per heavy atom. The van der Waals surface area contributed by atoms with Crippen molar-refractivity contribution in [1.82, 2.24) is 0 Å². The molecule has 6 nitrogen and oxygen atoms in total. The van der Waals surface area contributed by atoms with Crippen LogP contribution in [0.3, 0.4) is 0 Å². The van der Waals surface area contributed by atoms with E-state index in [1.165, 1.54) is 25.1 Å². The first-order valence-corrected chi connectivity index (χ1v) is 10.6.